The van der Waals surface area contributed by atoms with Crippen molar-refractivity contribution in [3.63, 3.8) is 0 Å². The molecule has 0 aliphatic rings. The van der Waals surface area contributed by atoms with Crippen LogP contribution in [0.2, 0.25) is 0 Å². The number of amides is 2. The molecule has 0 fully saturated rings. The van der Waals surface area contributed by atoms with Gasteiger partial charge in [0.25, 0.3) is 0 Å². The molecule has 1 aromatic carbocycles. The quantitative estimate of drug-likeness (QED) is 0.854. The van der Waals surface area contributed by atoms with E-state index in [1.165, 1.54) is 24.1 Å². The molecule has 1 rings (SSSR count). The minimum atomic E-state index is -0.755. The van der Waals surface area contributed by atoms with E-state index in [9.17, 15) is 14.3 Å². The molecule has 0 radical (unpaired) electrons. The molecule has 19 heavy (non-hydrogen) atoms. The first-order valence-corrected chi connectivity index (χ1v) is 5.88. The van der Waals surface area contributed by atoms with E-state index in [0.29, 0.717) is 5.69 Å². The molecule has 106 valence electrons. The molecule has 1 aromatic rings. The molecule has 0 aliphatic carbocycles. The number of carbonyl (C=O) groups is 1. The predicted octanol–water partition coefficient (Wildman–Crippen LogP) is 1.61. The van der Waals surface area contributed by atoms with E-state index >= 15 is 0 Å². The number of aryl methyl sites for hydroxylation is 1. The SMILES string of the molecule is COCC(O)CN(C)C(=O)Nc1cc(C)cc(F)c1. The third kappa shape index (κ3) is 5.23. The van der Waals surface area contributed by atoms with Crippen molar-refractivity contribution in [2.45, 2.75) is 13.0 Å². The highest BCUT2D eigenvalue weighted by molar-refractivity contribution is 5.89. The van der Waals surface area contributed by atoms with E-state index in [-0.39, 0.29) is 13.2 Å². The van der Waals surface area contributed by atoms with E-state index in [1.807, 2.05) is 0 Å². The maximum absolute atomic E-state index is 13.2. The van der Waals surface area contributed by atoms with Crippen LogP contribution in [-0.4, -0.2) is 49.5 Å². The summed E-state index contributed by atoms with van der Waals surface area (Å²) >= 11 is 0. The van der Waals surface area contributed by atoms with Crippen molar-refractivity contribution in [1.82, 2.24) is 4.90 Å². The minimum Gasteiger partial charge on any atom is -0.389 e. The standard InChI is InChI=1S/C13H19FN2O3/c1-9-4-10(14)6-11(5-9)15-13(18)16(2)7-12(17)8-19-3/h4-6,12,17H,7-8H2,1-3H3,(H,15,18). The molecular formula is C13H19FN2O3. The fraction of sp³-hybridized carbons (Fsp3) is 0.462. The summed E-state index contributed by atoms with van der Waals surface area (Å²) in [6.07, 6.45) is -0.755. The second-order valence-electron chi connectivity index (χ2n) is 4.44. The lowest BCUT2D eigenvalue weighted by molar-refractivity contribution is 0.0501. The molecule has 0 aromatic heterocycles. The lowest BCUT2D eigenvalue weighted by Gasteiger charge is -2.21. The Kier molecular flexibility index (Phi) is 5.72. The Labute approximate surface area is 112 Å². The number of aliphatic hydroxyl groups is 1. The van der Waals surface area contributed by atoms with E-state index in [2.05, 4.69) is 5.32 Å². The van der Waals surface area contributed by atoms with Crippen LogP contribution in [0.15, 0.2) is 18.2 Å². The highest BCUT2D eigenvalue weighted by Gasteiger charge is 2.14. The van der Waals surface area contributed by atoms with Gasteiger partial charge in [0.05, 0.1) is 19.3 Å². The number of hydrogen-bond donors (Lipinski definition) is 2. The van der Waals surface area contributed by atoms with Crippen molar-refractivity contribution in [2.24, 2.45) is 0 Å². The summed E-state index contributed by atoms with van der Waals surface area (Å²) in [6, 6.07) is 3.87. The van der Waals surface area contributed by atoms with E-state index in [4.69, 9.17) is 4.74 Å². The van der Waals surface area contributed by atoms with Gasteiger partial charge in [-0.1, -0.05) is 0 Å². The molecule has 2 amide bonds. The molecule has 5 nitrogen and oxygen atoms in total. The number of methoxy groups -OCH3 is 1. The first-order valence-electron chi connectivity index (χ1n) is 5.88. The Morgan fingerprint density at radius 1 is 1.53 bits per heavy atom. The summed E-state index contributed by atoms with van der Waals surface area (Å²) in [4.78, 5) is 13.1. The maximum Gasteiger partial charge on any atom is 0.321 e. The number of carbonyl (C=O) groups excluding carboxylic acids is 1. The number of anilines is 1. The van der Waals surface area contributed by atoms with Crippen LogP contribution >= 0.6 is 0 Å². The minimum absolute atomic E-state index is 0.133. The number of halogens is 1. The molecule has 0 spiro atoms. The Balaban J connectivity index is 2.58. The summed E-state index contributed by atoms with van der Waals surface area (Å²) in [7, 11) is 3.01. The molecule has 0 bridgehead atoms. The number of aliphatic hydroxyl groups excluding tert-OH is 1. The Bertz CT molecular complexity index is 420. The smallest absolute Gasteiger partial charge is 0.321 e. The zero-order valence-corrected chi connectivity index (χ0v) is 11.3. The van der Waals surface area contributed by atoms with E-state index in [0.717, 1.165) is 5.56 Å². The van der Waals surface area contributed by atoms with Crippen LogP contribution in [0.3, 0.4) is 0 Å². The van der Waals surface area contributed by atoms with Crippen LogP contribution in [0, 0.1) is 12.7 Å². The van der Waals surface area contributed by atoms with Crippen LogP contribution in [0.1, 0.15) is 5.56 Å². The number of nitrogens with zero attached hydrogens (tertiary/aromatic N) is 1. The maximum atomic E-state index is 13.2. The largest absolute Gasteiger partial charge is 0.389 e. The lowest BCUT2D eigenvalue weighted by Crippen LogP contribution is -2.38. The Morgan fingerprint density at radius 3 is 2.79 bits per heavy atom. The van der Waals surface area contributed by atoms with Gasteiger partial charge in [-0.25, -0.2) is 9.18 Å². The van der Waals surface area contributed by atoms with Crippen molar-refractivity contribution in [3.8, 4) is 0 Å². The highest BCUT2D eigenvalue weighted by atomic mass is 19.1. The van der Waals surface area contributed by atoms with Gasteiger partial charge in [0, 0.05) is 19.8 Å². The molecule has 6 heteroatoms. The summed E-state index contributed by atoms with van der Waals surface area (Å²) in [5, 5.41) is 12.1. The second-order valence-corrected chi connectivity index (χ2v) is 4.44. The van der Waals surface area contributed by atoms with Crippen LogP contribution in [0.4, 0.5) is 14.9 Å². The topological polar surface area (TPSA) is 61.8 Å². The van der Waals surface area contributed by atoms with Gasteiger partial charge in [0.15, 0.2) is 0 Å². The second kappa shape index (κ2) is 7.06. The fourth-order valence-electron chi connectivity index (χ4n) is 1.67. The molecule has 0 aliphatic heterocycles. The number of rotatable bonds is 5. The monoisotopic (exact) mass is 270 g/mol. The van der Waals surface area contributed by atoms with Crippen molar-refractivity contribution >= 4 is 11.7 Å². The van der Waals surface area contributed by atoms with Crippen molar-refractivity contribution in [3.05, 3.63) is 29.6 Å². The van der Waals surface area contributed by atoms with Crippen LogP contribution in [0.5, 0.6) is 0 Å². The fourth-order valence-corrected chi connectivity index (χ4v) is 1.67. The molecule has 0 saturated carbocycles. The molecular weight excluding hydrogens is 251 g/mol. The summed E-state index contributed by atoms with van der Waals surface area (Å²) in [5.74, 6) is -0.405. The summed E-state index contributed by atoms with van der Waals surface area (Å²) in [5.41, 5.74) is 1.10. The number of likely N-dealkylation sites (N-methyl/N-ethyl adjacent to an activating group) is 1. The number of benzene rings is 1. The van der Waals surface area contributed by atoms with Crippen LogP contribution in [0.25, 0.3) is 0 Å². The summed E-state index contributed by atoms with van der Waals surface area (Å²) in [6.45, 7) is 2.02. The van der Waals surface area contributed by atoms with Gasteiger partial charge in [0.2, 0.25) is 0 Å². The average Bonchev–Trinajstić information content (AvgIpc) is 2.27. The summed E-state index contributed by atoms with van der Waals surface area (Å²) < 4.78 is 17.9. The third-order valence-corrected chi connectivity index (χ3v) is 2.48. The van der Waals surface area contributed by atoms with Gasteiger partial charge in [-0.05, 0) is 30.7 Å². The zero-order chi connectivity index (χ0) is 14.4. The van der Waals surface area contributed by atoms with E-state index in [1.54, 1.807) is 20.0 Å². The number of nitrogens with one attached hydrogen (secondary N) is 1. The lowest BCUT2D eigenvalue weighted by atomic mass is 10.2. The first-order chi connectivity index (χ1) is 8.92. The Hall–Kier alpha value is -1.66. The zero-order valence-electron chi connectivity index (χ0n) is 11.3. The normalized spacial score (nSPS) is 12.1. The van der Waals surface area contributed by atoms with Crippen LogP contribution < -0.4 is 5.32 Å². The van der Waals surface area contributed by atoms with Gasteiger partial charge in [-0.2, -0.15) is 0 Å². The van der Waals surface area contributed by atoms with Crippen LogP contribution in [-0.2, 0) is 4.74 Å². The van der Waals surface area contributed by atoms with Gasteiger partial charge >= 0.3 is 6.03 Å². The number of urea groups is 1. The van der Waals surface area contributed by atoms with E-state index < -0.39 is 18.0 Å². The molecule has 2 N–H and O–H groups in total. The average molecular weight is 270 g/mol. The molecule has 1 unspecified atom stereocenters. The highest BCUT2D eigenvalue weighted by Crippen LogP contribution is 2.13. The third-order valence-electron chi connectivity index (χ3n) is 2.48. The molecule has 0 heterocycles. The molecule has 0 saturated heterocycles. The van der Waals surface area contributed by atoms with Crippen molar-refractivity contribution in [1.29, 1.82) is 0 Å². The predicted molar refractivity (Wildman–Crippen MR) is 70.7 cm³/mol. The number of hydrogen-bond acceptors (Lipinski definition) is 3. The van der Waals surface area contributed by atoms with Crippen molar-refractivity contribution in [2.75, 3.05) is 32.6 Å². The van der Waals surface area contributed by atoms with Gasteiger partial charge in [0.1, 0.15) is 5.82 Å². The van der Waals surface area contributed by atoms with Gasteiger partial charge in [-0.3, -0.25) is 0 Å². The van der Waals surface area contributed by atoms with Gasteiger partial charge in [-0.15, -0.1) is 0 Å². The van der Waals surface area contributed by atoms with Crippen molar-refractivity contribution < 1.29 is 19.0 Å². The number of ether oxygens (including phenoxy) is 1. The Morgan fingerprint density at radius 2 is 2.21 bits per heavy atom. The molecule has 1 atom stereocenters. The first kappa shape index (κ1) is 15.4. The van der Waals surface area contributed by atoms with Gasteiger partial charge < -0.3 is 20.1 Å².